The summed E-state index contributed by atoms with van der Waals surface area (Å²) in [4.78, 5) is 13.3. The molecule has 0 aliphatic carbocycles. The molecule has 0 radical (unpaired) electrons. The van der Waals surface area contributed by atoms with Crippen LogP contribution in [-0.4, -0.2) is 38.8 Å². The zero-order chi connectivity index (χ0) is 19.3. The fourth-order valence-electron chi connectivity index (χ4n) is 3.07. The van der Waals surface area contributed by atoms with Gasteiger partial charge in [0.15, 0.2) is 5.76 Å². The molecule has 28 heavy (non-hydrogen) atoms. The number of hydrogen-bond donors (Lipinski definition) is 1. The highest BCUT2D eigenvalue weighted by molar-refractivity contribution is 7.99. The van der Waals surface area contributed by atoms with E-state index in [1.54, 1.807) is 11.8 Å². The number of carboxylic acids is 1. The van der Waals surface area contributed by atoms with E-state index in [-0.39, 0.29) is 0 Å². The Hall–Kier alpha value is -2.77. The SMILES string of the molecule is O=C(O)[C@@H]1CSCN1Cc1ccc(OCc2cc(-c3ccccc3)no2)cc1. The molecule has 1 fully saturated rings. The lowest BCUT2D eigenvalue weighted by molar-refractivity contribution is -0.141. The van der Waals surface area contributed by atoms with E-state index in [4.69, 9.17) is 9.26 Å². The lowest BCUT2D eigenvalue weighted by Gasteiger charge is -2.20. The molecule has 1 aliphatic rings. The molecule has 2 aromatic carbocycles. The first-order chi connectivity index (χ1) is 13.7. The number of aromatic nitrogens is 1. The summed E-state index contributed by atoms with van der Waals surface area (Å²) >= 11 is 1.65. The zero-order valence-electron chi connectivity index (χ0n) is 15.2. The van der Waals surface area contributed by atoms with Crippen LogP contribution in [0.15, 0.2) is 65.2 Å². The summed E-state index contributed by atoms with van der Waals surface area (Å²) < 4.78 is 11.1. The predicted molar refractivity (Wildman–Crippen MR) is 107 cm³/mol. The van der Waals surface area contributed by atoms with Gasteiger partial charge in [-0.05, 0) is 17.7 Å². The third-order valence-electron chi connectivity index (χ3n) is 4.58. The third-order valence-corrected chi connectivity index (χ3v) is 5.64. The van der Waals surface area contributed by atoms with Crippen LogP contribution in [0.3, 0.4) is 0 Å². The highest BCUT2D eigenvalue weighted by Gasteiger charge is 2.30. The molecule has 4 rings (SSSR count). The van der Waals surface area contributed by atoms with Crippen LogP contribution in [0, 0.1) is 0 Å². The topological polar surface area (TPSA) is 75.8 Å². The van der Waals surface area contributed by atoms with Crippen LogP contribution in [0.1, 0.15) is 11.3 Å². The summed E-state index contributed by atoms with van der Waals surface area (Å²) in [7, 11) is 0. The van der Waals surface area contributed by atoms with Gasteiger partial charge in [0.25, 0.3) is 0 Å². The molecule has 2 heterocycles. The van der Waals surface area contributed by atoms with Crippen LogP contribution >= 0.6 is 11.8 Å². The number of aliphatic carboxylic acids is 1. The van der Waals surface area contributed by atoms with Gasteiger partial charge in [0.1, 0.15) is 24.1 Å². The van der Waals surface area contributed by atoms with E-state index in [2.05, 4.69) is 5.16 Å². The number of ether oxygens (including phenoxy) is 1. The number of rotatable bonds is 7. The van der Waals surface area contributed by atoms with Crippen molar-refractivity contribution in [3.05, 3.63) is 72.0 Å². The molecule has 0 spiro atoms. The molecule has 1 aliphatic heterocycles. The molecular formula is C21H20N2O4S. The predicted octanol–water partition coefficient (Wildman–Crippen LogP) is 3.88. The molecule has 0 bridgehead atoms. The summed E-state index contributed by atoms with van der Waals surface area (Å²) in [5.74, 6) is 2.00. The quantitative estimate of drug-likeness (QED) is 0.649. The summed E-state index contributed by atoms with van der Waals surface area (Å²) in [6.45, 7) is 0.913. The molecule has 1 atom stereocenters. The van der Waals surface area contributed by atoms with Crippen LogP contribution in [-0.2, 0) is 17.9 Å². The summed E-state index contributed by atoms with van der Waals surface area (Å²) in [5.41, 5.74) is 2.85. The molecule has 7 heteroatoms. The average molecular weight is 396 g/mol. The molecule has 0 saturated carbocycles. The van der Waals surface area contributed by atoms with Crippen LogP contribution in [0.25, 0.3) is 11.3 Å². The number of carboxylic acid groups (broad SMARTS) is 1. The van der Waals surface area contributed by atoms with E-state index in [1.807, 2.05) is 65.6 Å². The van der Waals surface area contributed by atoms with Crippen molar-refractivity contribution >= 4 is 17.7 Å². The van der Waals surface area contributed by atoms with Gasteiger partial charge < -0.3 is 14.4 Å². The minimum atomic E-state index is -0.758. The Morgan fingerprint density at radius 1 is 1.21 bits per heavy atom. The van der Waals surface area contributed by atoms with Crippen molar-refractivity contribution in [2.45, 2.75) is 19.2 Å². The lowest BCUT2D eigenvalue weighted by atomic mass is 10.1. The number of nitrogens with zero attached hydrogens (tertiary/aromatic N) is 2. The largest absolute Gasteiger partial charge is 0.486 e. The van der Waals surface area contributed by atoms with Crippen LogP contribution in [0.4, 0.5) is 0 Å². The van der Waals surface area contributed by atoms with E-state index in [9.17, 15) is 9.90 Å². The second kappa shape index (κ2) is 8.50. The number of benzene rings is 2. The molecule has 1 N–H and O–H groups in total. The third kappa shape index (κ3) is 4.37. The fourth-order valence-corrected chi connectivity index (χ4v) is 4.25. The first-order valence-electron chi connectivity index (χ1n) is 8.96. The Morgan fingerprint density at radius 2 is 2.00 bits per heavy atom. The number of thioether (sulfide) groups is 1. The van der Waals surface area contributed by atoms with Gasteiger partial charge >= 0.3 is 5.97 Å². The zero-order valence-corrected chi connectivity index (χ0v) is 16.0. The minimum absolute atomic E-state index is 0.295. The van der Waals surface area contributed by atoms with Crippen molar-refractivity contribution in [1.82, 2.24) is 10.1 Å². The number of carbonyl (C=O) groups is 1. The van der Waals surface area contributed by atoms with Gasteiger partial charge in [0, 0.05) is 29.8 Å². The van der Waals surface area contributed by atoms with Gasteiger partial charge in [0.05, 0.1) is 0 Å². The summed E-state index contributed by atoms with van der Waals surface area (Å²) in [6.07, 6.45) is 0. The fraction of sp³-hybridized carbons (Fsp3) is 0.238. The van der Waals surface area contributed by atoms with E-state index in [0.29, 0.717) is 24.7 Å². The molecule has 144 valence electrons. The summed E-state index contributed by atoms with van der Waals surface area (Å²) in [5, 5.41) is 13.4. The van der Waals surface area contributed by atoms with Crippen LogP contribution in [0.5, 0.6) is 5.75 Å². The van der Waals surface area contributed by atoms with E-state index in [1.165, 1.54) is 0 Å². The Balaban J connectivity index is 1.33. The Bertz CT molecular complexity index is 927. The maximum atomic E-state index is 11.3. The maximum Gasteiger partial charge on any atom is 0.321 e. The van der Waals surface area contributed by atoms with E-state index in [0.717, 1.165) is 28.4 Å². The van der Waals surface area contributed by atoms with Crippen molar-refractivity contribution in [2.75, 3.05) is 11.6 Å². The standard InChI is InChI=1S/C21H20N2O4S/c24-21(25)20-13-28-14-23(20)11-15-6-8-17(9-7-15)26-12-18-10-19(22-27-18)16-4-2-1-3-5-16/h1-10,20H,11-14H2,(H,24,25)/t20-/m0/s1. The van der Waals surface area contributed by atoms with Crippen molar-refractivity contribution < 1.29 is 19.2 Å². The van der Waals surface area contributed by atoms with Crippen molar-refractivity contribution in [3.8, 4) is 17.0 Å². The van der Waals surface area contributed by atoms with Gasteiger partial charge in [-0.2, -0.15) is 0 Å². The van der Waals surface area contributed by atoms with Crippen molar-refractivity contribution in [3.63, 3.8) is 0 Å². The Labute approximate surface area is 167 Å². The minimum Gasteiger partial charge on any atom is -0.486 e. The van der Waals surface area contributed by atoms with E-state index < -0.39 is 12.0 Å². The maximum absolute atomic E-state index is 11.3. The Kier molecular flexibility index (Phi) is 5.64. The van der Waals surface area contributed by atoms with Gasteiger partial charge in [0.2, 0.25) is 0 Å². The molecule has 6 nitrogen and oxygen atoms in total. The van der Waals surface area contributed by atoms with Crippen LogP contribution < -0.4 is 4.74 Å². The normalized spacial score (nSPS) is 16.9. The average Bonchev–Trinajstić information content (AvgIpc) is 3.38. The Morgan fingerprint density at radius 3 is 2.75 bits per heavy atom. The second-order valence-electron chi connectivity index (χ2n) is 6.58. The van der Waals surface area contributed by atoms with Gasteiger partial charge in [-0.1, -0.05) is 47.6 Å². The molecule has 1 saturated heterocycles. The van der Waals surface area contributed by atoms with Gasteiger partial charge in [-0.15, -0.1) is 11.8 Å². The molecule has 1 aromatic heterocycles. The lowest BCUT2D eigenvalue weighted by Crippen LogP contribution is -2.37. The second-order valence-corrected chi connectivity index (χ2v) is 7.58. The van der Waals surface area contributed by atoms with Gasteiger partial charge in [-0.25, -0.2) is 0 Å². The van der Waals surface area contributed by atoms with Crippen LogP contribution in [0.2, 0.25) is 0 Å². The smallest absolute Gasteiger partial charge is 0.321 e. The van der Waals surface area contributed by atoms with Crippen molar-refractivity contribution in [2.24, 2.45) is 0 Å². The van der Waals surface area contributed by atoms with E-state index >= 15 is 0 Å². The molecular weight excluding hydrogens is 376 g/mol. The summed E-state index contributed by atoms with van der Waals surface area (Å²) in [6, 6.07) is 19.0. The van der Waals surface area contributed by atoms with Crippen molar-refractivity contribution in [1.29, 1.82) is 0 Å². The highest BCUT2D eigenvalue weighted by atomic mass is 32.2. The number of hydrogen-bond acceptors (Lipinski definition) is 6. The molecule has 3 aromatic rings. The molecule has 0 amide bonds. The highest BCUT2D eigenvalue weighted by Crippen LogP contribution is 2.24. The first-order valence-corrected chi connectivity index (χ1v) is 10.1. The monoisotopic (exact) mass is 396 g/mol. The molecule has 0 unspecified atom stereocenters. The van der Waals surface area contributed by atoms with Gasteiger partial charge in [-0.3, -0.25) is 9.69 Å². The first kappa shape index (κ1) is 18.6.